The standard InChI is InChI=1S/C98H155FN12O28/c1-26-28-29-60(13)84(138-94(130)137-54-136-81(120)35-33-79(118)134-43-41-132-39-38-131-40-42-133-78(117)32-34-80(119)135-53-75(114)98-61(14)48-68-67-31-30-65-50-66(112)36-37-95(65,18)97(67,99)74(113)51-96(68,98)104-139-98)83(110(25)76(115)47-58(9)10)88(124)102-69(27-2)90(126)105(20)52-77(116)106(21)71(45-56(5)6)87(123)103-82(59(11)12)93(129)109(24)73-49-62(15)111(92(73)128)64(17)85(121)101-63(16)89(125)108(23)72(46-57(7)8)91(127)107(22)70(44-55(3)4)86(122)100-19/h26,28,36-37,50,55-64,67-74,82-84,104,113H,27,29-35,38-49,51-54H2,1-25H3,(H,100,122)(H,101,121)(H,102,124)(H,103,123)/b28-26+/t60-,61-,62?,63?,64?,67?,68?,69?,70?,71+,72?,73?,74+,82?,83?,84-,95+,96-,97+,98+/m1/s1. The van der Waals surface area contributed by atoms with E-state index in [4.69, 9.17) is 42.7 Å². The number of nitrogens with one attached hydrogen (secondary N) is 5. The van der Waals surface area contributed by atoms with Gasteiger partial charge in [-0.05, 0) is 152 Å². The van der Waals surface area contributed by atoms with Crippen LogP contribution in [0.1, 0.15) is 221 Å². The Morgan fingerprint density at radius 3 is 1.71 bits per heavy atom. The first-order valence-corrected chi connectivity index (χ1v) is 48.6. The topological polar surface area (TPSA) is 493 Å². The van der Waals surface area contributed by atoms with Crippen molar-refractivity contribution in [1.82, 2.24) is 61.0 Å². The van der Waals surface area contributed by atoms with E-state index in [0.29, 0.717) is 31.3 Å². The zero-order chi connectivity index (χ0) is 105. The number of halogens is 1. The Labute approximate surface area is 816 Å². The van der Waals surface area contributed by atoms with E-state index in [0.717, 1.165) is 14.7 Å². The number of aliphatic hydroxyl groups excluding tert-OH is 1. The molecule has 0 aromatic rings. The number of ether oxygens (including phenoxy) is 8. The molecule has 0 radical (unpaired) electrons. The maximum atomic E-state index is 17.6. The smallest absolute Gasteiger partial charge is 0.463 e. The minimum absolute atomic E-state index is 0.0394. The fraction of sp³-hybridized carbons (Fsp3) is 0.755. The number of esters is 4. The molecule has 11 amide bonds. The van der Waals surface area contributed by atoms with Crippen LogP contribution < -0.4 is 26.7 Å². The average molecular weight is 1970 g/mol. The number of amides is 11. The molecule has 6 aliphatic rings. The Morgan fingerprint density at radius 2 is 1.17 bits per heavy atom. The highest BCUT2D eigenvalue weighted by molar-refractivity contribution is 6.02. The molecular formula is C98H155FN12O28. The van der Waals surface area contributed by atoms with Crippen LogP contribution in [0.5, 0.6) is 0 Å². The first-order valence-electron chi connectivity index (χ1n) is 48.6. The second-order valence-electron chi connectivity index (χ2n) is 40.1. The van der Waals surface area contributed by atoms with Crippen LogP contribution in [-0.2, 0) is 124 Å². The lowest BCUT2D eigenvalue weighted by Crippen LogP contribution is -2.85. The van der Waals surface area contributed by atoms with Crippen molar-refractivity contribution in [3.05, 3.63) is 36.0 Å². The molecule has 0 aromatic carbocycles. The third kappa shape index (κ3) is 28.8. The average Bonchev–Trinajstić information content (AvgIpc) is 1.50. The predicted molar refractivity (Wildman–Crippen MR) is 503 cm³/mol. The molecule has 2 aliphatic heterocycles. The summed E-state index contributed by atoms with van der Waals surface area (Å²) >= 11 is 0. The maximum Gasteiger partial charge on any atom is 0.511 e. The minimum atomic E-state index is -2.12. The molecule has 11 unspecified atom stereocenters. The molecule has 782 valence electrons. The van der Waals surface area contributed by atoms with Gasteiger partial charge in [-0.2, -0.15) is 5.48 Å². The normalized spacial score (nSPS) is 23.9. The minimum Gasteiger partial charge on any atom is -0.463 e. The molecule has 0 aromatic heterocycles. The van der Waals surface area contributed by atoms with E-state index < -0.39 is 259 Å². The zero-order valence-electron chi connectivity index (χ0n) is 86.0. The van der Waals surface area contributed by atoms with E-state index in [2.05, 4.69) is 26.7 Å². The van der Waals surface area contributed by atoms with Crippen LogP contribution in [0.15, 0.2) is 36.0 Å². The number of alkyl halides is 1. The van der Waals surface area contributed by atoms with Crippen molar-refractivity contribution in [2.75, 3.05) is 109 Å². The number of carbonyl (C=O) groups is 18. The van der Waals surface area contributed by atoms with E-state index >= 15 is 4.39 Å². The van der Waals surface area contributed by atoms with Crippen LogP contribution in [0, 0.1) is 58.7 Å². The summed E-state index contributed by atoms with van der Waals surface area (Å²) in [5, 5.41) is 22.6. The Kier molecular flexibility index (Phi) is 44.2. The van der Waals surface area contributed by atoms with Gasteiger partial charge in [-0.25, -0.2) is 9.18 Å². The highest BCUT2D eigenvalue weighted by atomic mass is 19.1. The van der Waals surface area contributed by atoms with Crippen molar-refractivity contribution in [3.8, 4) is 0 Å². The number of likely N-dealkylation sites (tertiary alicyclic amines) is 1. The van der Waals surface area contributed by atoms with E-state index in [1.54, 1.807) is 80.5 Å². The zero-order valence-corrected chi connectivity index (χ0v) is 86.0. The molecule has 6 rings (SSSR count). The number of nitrogens with zero attached hydrogens (tertiary/aromatic N) is 7. The van der Waals surface area contributed by atoms with Crippen molar-refractivity contribution >= 4 is 107 Å². The first-order chi connectivity index (χ1) is 65.1. The summed E-state index contributed by atoms with van der Waals surface area (Å²) in [6, 6.07) is -11.3. The number of hydrogen-bond acceptors (Lipinski definition) is 29. The van der Waals surface area contributed by atoms with Gasteiger partial charge in [-0.1, -0.05) is 114 Å². The first kappa shape index (κ1) is 117. The van der Waals surface area contributed by atoms with Gasteiger partial charge in [0, 0.05) is 79.6 Å². The van der Waals surface area contributed by atoms with Crippen molar-refractivity contribution in [2.24, 2.45) is 58.7 Å². The predicted octanol–water partition coefficient (Wildman–Crippen LogP) is 5.10. The fourth-order valence-corrected chi connectivity index (χ4v) is 20.0. The van der Waals surface area contributed by atoms with E-state index in [1.165, 1.54) is 94.9 Å². The summed E-state index contributed by atoms with van der Waals surface area (Å²) < 4.78 is 60.1. The SMILES string of the molecule is C/C=C/C[C@@H](C)[C@@H](OC(=O)OCOC(=O)CCC(=O)OCCOCCOCCOC(=O)CCC(=O)OCC(=O)[C@]12ON[C@@]13C[C@H](O)[C@@]1(F)C(CCC4=CC(=O)C=C[C@@]41C)C3C[C@H]2C)C(C(=O)NC(CC)C(=O)N(C)CC(=O)N(C)[C@@H](CC(C)C)C(=O)NC(C(=O)N(C)C1CC(C)N(C(C)C(=O)NC(C)C(=O)N(C)C(CC(C)C)C(=O)N(C)C(CC(C)C)C(=O)NC)C1=O)C(C)C)N(C)C(=O)CC(C)C. The number of hydrogen-bond donors (Lipinski definition) is 6. The second kappa shape index (κ2) is 52.4. The summed E-state index contributed by atoms with van der Waals surface area (Å²) in [4.78, 5) is 262. The molecule has 2 saturated heterocycles. The van der Waals surface area contributed by atoms with Crippen LogP contribution in [-0.4, -0.2) is 344 Å². The number of aliphatic hydroxyl groups is 1. The molecule has 2 heterocycles. The highest BCUT2D eigenvalue weighted by Gasteiger charge is 2.82. The van der Waals surface area contributed by atoms with Gasteiger partial charge < -0.3 is 98.6 Å². The molecule has 41 heteroatoms. The molecule has 139 heavy (non-hydrogen) atoms. The lowest BCUT2D eigenvalue weighted by atomic mass is 9.46. The number of rotatable bonds is 54. The Balaban J connectivity index is 0.932. The van der Waals surface area contributed by atoms with Crippen LogP contribution in [0.25, 0.3) is 0 Å². The van der Waals surface area contributed by atoms with Gasteiger partial charge in [0.2, 0.25) is 77.6 Å². The number of hydroxylamine groups is 1. The van der Waals surface area contributed by atoms with Crippen molar-refractivity contribution in [3.63, 3.8) is 0 Å². The largest absolute Gasteiger partial charge is 0.511 e. The Bertz CT molecular complexity index is 4470. The number of Topliss-reactive ketones (excluding diaryl/α,β-unsaturated/α-hetero) is 1. The van der Waals surface area contributed by atoms with Gasteiger partial charge in [0.05, 0.1) is 70.3 Å². The molecule has 3 saturated carbocycles. The lowest BCUT2D eigenvalue weighted by molar-refractivity contribution is -0.324. The summed E-state index contributed by atoms with van der Waals surface area (Å²) in [6.07, 6.45) is 3.52. The summed E-state index contributed by atoms with van der Waals surface area (Å²) in [5.74, 6) is -14.4. The van der Waals surface area contributed by atoms with Gasteiger partial charge in [-0.3, -0.25) is 86.3 Å². The Hall–Kier alpha value is -10.4. The fourth-order valence-electron chi connectivity index (χ4n) is 20.0. The third-order valence-electron chi connectivity index (χ3n) is 27.8. The van der Waals surface area contributed by atoms with E-state index in [1.807, 2.05) is 48.5 Å². The van der Waals surface area contributed by atoms with E-state index in [-0.39, 0.29) is 126 Å². The molecule has 40 nitrogen and oxygen atoms in total. The van der Waals surface area contributed by atoms with E-state index in [9.17, 15) is 91.4 Å². The number of carbonyl (C=O) groups excluding carboxylic acids is 18. The molecule has 20 atom stereocenters. The monoisotopic (exact) mass is 1970 g/mol. The lowest BCUT2D eigenvalue weighted by Gasteiger charge is -2.66. The molecular weight excluding hydrogens is 1810 g/mol. The summed E-state index contributed by atoms with van der Waals surface area (Å²) in [5.41, 5.74) is -2.40. The van der Waals surface area contributed by atoms with Gasteiger partial charge in [0.1, 0.15) is 73.7 Å². The highest BCUT2D eigenvalue weighted by Crippen LogP contribution is 2.70. The van der Waals surface area contributed by atoms with Gasteiger partial charge >= 0.3 is 30.0 Å². The van der Waals surface area contributed by atoms with Gasteiger partial charge in [0.15, 0.2) is 23.7 Å². The third-order valence-corrected chi connectivity index (χ3v) is 27.8. The van der Waals surface area contributed by atoms with Crippen molar-refractivity contribution in [2.45, 2.75) is 310 Å². The number of allylic oxidation sites excluding steroid dienone is 6. The quantitative estimate of drug-likeness (QED) is 0.0152. The van der Waals surface area contributed by atoms with Crippen LogP contribution in [0.3, 0.4) is 0 Å². The summed E-state index contributed by atoms with van der Waals surface area (Å²) in [6.45, 7) is 28.7. The number of fused-ring (bicyclic) bond motifs is 4. The maximum absolute atomic E-state index is 17.6. The van der Waals surface area contributed by atoms with Crippen molar-refractivity contribution in [1.29, 1.82) is 0 Å². The molecule has 0 bridgehead atoms. The Morgan fingerprint density at radius 1 is 0.626 bits per heavy atom. The van der Waals surface area contributed by atoms with Crippen LogP contribution in [0.4, 0.5) is 9.18 Å². The molecule has 6 N–H and O–H groups in total. The molecule has 4 aliphatic carbocycles. The summed E-state index contributed by atoms with van der Waals surface area (Å²) in [7, 11) is 9.91. The number of ketones is 2. The van der Waals surface area contributed by atoms with Crippen LogP contribution >= 0.6 is 0 Å². The second-order valence-corrected chi connectivity index (χ2v) is 40.1. The number of likely N-dealkylation sites (N-methyl/N-ethyl adjacent to an activating group) is 7. The molecule has 5 fully saturated rings. The van der Waals surface area contributed by atoms with Crippen molar-refractivity contribution < 1.29 is 139 Å². The van der Waals surface area contributed by atoms with Crippen LogP contribution in [0.2, 0.25) is 0 Å². The molecule has 1 spiro atoms. The van der Waals surface area contributed by atoms with Gasteiger partial charge in [-0.15, -0.1) is 0 Å². The van der Waals surface area contributed by atoms with Gasteiger partial charge in [0.25, 0.3) is 0 Å².